The summed E-state index contributed by atoms with van der Waals surface area (Å²) < 4.78 is 13.2. The van der Waals surface area contributed by atoms with Gasteiger partial charge in [-0.15, -0.1) is 0 Å². The lowest BCUT2D eigenvalue weighted by atomic mass is 10.2. The number of carboxylic acids is 1. The first-order valence-corrected chi connectivity index (χ1v) is 5.39. The van der Waals surface area contributed by atoms with Gasteiger partial charge in [-0.3, -0.25) is 14.5 Å². The molecule has 0 bridgehead atoms. The van der Waals surface area contributed by atoms with Gasteiger partial charge in [0.15, 0.2) is 0 Å². The quantitative estimate of drug-likeness (QED) is 0.773. The van der Waals surface area contributed by atoms with Crippen molar-refractivity contribution >= 4 is 11.9 Å². The molecule has 1 amide bonds. The first-order valence-electron chi connectivity index (χ1n) is 5.39. The van der Waals surface area contributed by atoms with Crippen molar-refractivity contribution in [2.75, 3.05) is 20.1 Å². The summed E-state index contributed by atoms with van der Waals surface area (Å²) >= 11 is 0. The van der Waals surface area contributed by atoms with E-state index in [4.69, 9.17) is 5.11 Å². The number of nitrogens with one attached hydrogen (secondary N) is 1. The predicted molar refractivity (Wildman–Crippen MR) is 63.4 cm³/mol. The van der Waals surface area contributed by atoms with Crippen molar-refractivity contribution in [1.29, 1.82) is 0 Å². The molecule has 1 aromatic carbocycles. The van der Waals surface area contributed by atoms with Gasteiger partial charge in [-0.2, -0.15) is 0 Å². The van der Waals surface area contributed by atoms with Crippen molar-refractivity contribution in [2.24, 2.45) is 0 Å². The van der Waals surface area contributed by atoms with E-state index in [1.807, 2.05) is 0 Å². The van der Waals surface area contributed by atoms with Crippen LogP contribution in [0.1, 0.15) is 5.56 Å². The number of rotatable bonds is 6. The van der Waals surface area contributed by atoms with E-state index in [1.165, 1.54) is 18.0 Å². The lowest BCUT2D eigenvalue weighted by molar-refractivity contribution is -0.138. The van der Waals surface area contributed by atoms with Crippen molar-refractivity contribution in [1.82, 2.24) is 10.2 Å². The Balaban J connectivity index is 2.38. The summed E-state index contributed by atoms with van der Waals surface area (Å²) in [4.78, 5) is 23.2. The second kappa shape index (κ2) is 6.70. The first-order chi connectivity index (χ1) is 8.49. The van der Waals surface area contributed by atoms with Gasteiger partial charge in [0.05, 0.1) is 13.1 Å². The lowest BCUT2D eigenvalue weighted by Crippen LogP contribution is -2.37. The molecule has 0 heterocycles. The number of amides is 1. The van der Waals surface area contributed by atoms with Crippen LogP contribution in [0.2, 0.25) is 0 Å². The minimum Gasteiger partial charge on any atom is -0.480 e. The number of benzene rings is 1. The van der Waals surface area contributed by atoms with Gasteiger partial charge in [0.1, 0.15) is 5.82 Å². The van der Waals surface area contributed by atoms with Crippen LogP contribution in [-0.4, -0.2) is 42.0 Å². The highest BCUT2D eigenvalue weighted by Gasteiger charge is 2.09. The Bertz CT molecular complexity index is 437. The van der Waals surface area contributed by atoms with Crippen molar-refractivity contribution < 1.29 is 19.1 Å². The summed E-state index contributed by atoms with van der Waals surface area (Å²) in [6.07, 6.45) is 0. The molecule has 1 rings (SSSR count). The smallest absolute Gasteiger partial charge is 0.317 e. The molecule has 0 saturated carbocycles. The van der Waals surface area contributed by atoms with Crippen LogP contribution < -0.4 is 5.32 Å². The van der Waals surface area contributed by atoms with Crippen LogP contribution in [-0.2, 0) is 16.1 Å². The second-order valence-corrected chi connectivity index (χ2v) is 3.93. The zero-order valence-electron chi connectivity index (χ0n) is 10.0. The number of carboxylic acid groups (broad SMARTS) is 1. The van der Waals surface area contributed by atoms with E-state index < -0.39 is 5.97 Å². The molecule has 0 fully saturated rings. The maximum Gasteiger partial charge on any atom is 0.317 e. The van der Waals surface area contributed by atoms with E-state index in [0.29, 0.717) is 5.56 Å². The Morgan fingerprint density at radius 1 is 1.33 bits per heavy atom. The number of hydrogen-bond acceptors (Lipinski definition) is 3. The molecule has 0 aliphatic heterocycles. The fourth-order valence-electron chi connectivity index (χ4n) is 1.42. The molecule has 2 N–H and O–H groups in total. The van der Waals surface area contributed by atoms with E-state index in [2.05, 4.69) is 5.32 Å². The molecule has 0 aromatic heterocycles. The fourth-order valence-corrected chi connectivity index (χ4v) is 1.42. The van der Waals surface area contributed by atoms with Gasteiger partial charge in [-0.05, 0) is 13.1 Å². The molecule has 0 saturated heterocycles. The molecule has 0 atom stereocenters. The van der Waals surface area contributed by atoms with Gasteiger partial charge in [-0.25, -0.2) is 4.39 Å². The fraction of sp³-hybridized carbons (Fsp3) is 0.333. The molecule has 0 unspecified atom stereocenters. The van der Waals surface area contributed by atoms with Crippen LogP contribution in [0.25, 0.3) is 0 Å². The third-order valence-electron chi connectivity index (χ3n) is 2.25. The van der Waals surface area contributed by atoms with E-state index in [0.717, 1.165) is 0 Å². The molecular weight excluding hydrogens is 239 g/mol. The SMILES string of the molecule is CN(CC(=O)O)CC(=O)NCc1ccccc1F. The number of hydrogen-bond donors (Lipinski definition) is 2. The highest BCUT2D eigenvalue weighted by Crippen LogP contribution is 2.05. The third kappa shape index (κ3) is 4.92. The Hall–Kier alpha value is -1.95. The van der Waals surface area contributed by atoms with Gasteiger partial charge >= 0.3 is 5.97 Å². The van der Waals surface area contributed by atoms with Crippen molar-refractivity contribution in [3.8, 4) is 0 Å². The molecule has 0 radical (unpaired) electrons. The van der Waals surface area contributed by atoms with Crippen molar-refractivity contribution in [3.05, 3.63) is 35.6 Å². The van der Waals surface area contributed by atoms with Crippen LogP contribution in [0, 0.1) is 5.82 Å². The maximum atomic E-state index is 13.2. The van der Waals surface area contributed by atoms with Crippen LogP contribution in [0.3, 0.4) is 0 Å². The molecule has 0 spiro atoms. The largest absolute Gasteiger partial charge is 0.480 e. The molecule has 6 heteroatoms. The number of aliphatic carboxylic acids is 1. The normalized spacial score (nSPS) is 10.4. The molecular formula is C12H15FN2O3. The maximum absolute atomic E-state index is 13.2. The molecule has 0 aliphatic rings. The Morgan fingerprint density at radius 3 is 2.61 bits per heavy atom. The monoisotopic (exact) mass is 254 g/mol. The Kier molecular flexibility index (Phi) is 5.26. The zero-order chi connectivity index (χ0) is 13.5. The average Bonchev–Trinajstić information content (AvgIpc) is 2.26. The topological polar surface area (TPSA) is 69.6 Å². The lowest BCUT2D eigenvalue weighted by Gasteiger charge is -2.13. The van der Waals surface area contributed by atoms with E-state index in [-0.39, 0.29) is 31.4 Å². The van der Waals surface area contributed by atoms with Crippen LogP contribution in [0.4, 0.5) is 4.39 Å². The third-order valence-corrected chi connectivity index (χ3v) is 2.25. The Labute approximate surface area is 104 Å². The number of halogens is 1. The molecule has 1 aromatic rings. The highest BCUT2D eigenvalue weighted by atomic mass is 19.1. The highest BCUT2D eigenvalue weighted by molar-refractivity contribution is 5.78. The van der Waals surface area contributed by atoms with Crippen molar-refractivity contribution in [3.63, 3.8) is 0 Å². The predicted octanol–water partition coefficient (Wildman–Crippen LogP) is 0.458. The summed E-state index contributed by atoms with van der Waals surface area (Å²) in [7, 11) is 1.52. The number of carbonyl (C=O) groups is 2. The number of carbonyl (C=O) groups excluding carboxylic acids is 1. The van der Waals surface area contributed by atoms with Gasteiger partial charge in [-0.1, -0.05) is 18.2 Å². The second-order valence-electron chi connectivity index (χ2n) is 3.93. The van der Waals surface area contributed by atoms with E-state index in [1.54, 1.807) is 18.2 Å². The van der Waals surface area contributed by atoms with Gasteiger partial charge in [0.2, 0.25) is 5.91 Å². The minimum absolute atomic E-state index is 0.0409. The van der Waals surface area contributed by atoms with Gasteiger partial charge < -0.3 is 10.4 Å². The van der Waals surface area contributed by atoms with Gasteiger partial charge in [0, 0.05) is 12.1 Å². The van der Waals surface area contributed by atoms with Crippen LogP contribution in [0.15, 0.2) is 24.3 Å². The first kappa shape index (κ1) is 14.1. The van der Waals surface area contributed by atoms with E-state index >= 15 is 0 Å². The molecule has 5 nitrogen and oxygen atoms in total. The average molecular weight is 254 g/mol. The molecule has 0 aliphatic carbocycles. The molecule has 18 heavy (non-hydrogen) atoms. The number of likely N-dealkylation sites (N-methyl/N-ethyl adjacent to an activating group) is 1. The summed E-state index contributed by atoms with van der Waals surface area (Å²) in [5.41, 5.74) is 0.395. The summed E-state index contributed by atoms with van der Waals surface area (Å²) in [5, 5.41) is 11.0. The molecule has 98 valence electrons. The summed E-state index contributed by atoms with van der Waals surface area (Å²) in [5.74, 6) is -1.72. The zero-order valence-corrected chi connectivity index (χ0v) is 10.0. The summed E-state index contributed by atoms with van der Waals surface area (Å²) in [6.45, 7) is -0.166. The van der Waals surface area contributed by atoms with Crippen LogP contribution in [0.5, 0.6) is 0 Å². The van der Waals surface area contributed by atoms with Crippen molar-refractivity contribution in [2.45, 2.75) is 6.54 Å². The Morgan fingerprint density at radius 2 is 2.00 bits per heavy atom. The minimum atomic E-state index is -1.00. The summed E-state index contributed by atoms with van der Waals surface area (Å²) in [6, 6.07) is 6.15. The van der Waals surface area contributed by atoms with Gasteiger partial charge in [0.25, 0.3) is 0 Å². The van der Waals surface area contributed by atoms with E-state index in [9.17, 15) is 14.0 Å². The number of nitrogens with zero attached hydrogens (tertiary/aromatic N) is 1. The van der Waals surface area contributed by atoms with Crippen LogP contribution >= 0.6 is 0 Å². The standard InChI is InChI=1S/C12H15FN2O3/c1-15(8-12(17)18)7-11(16)14-6-9-4-2-3-5-10(9)13/h2-5H,6-8H2,1H3,(H,14,16)(H,17,18).